The summed E-state index contributed by atoms with van der Waals surface area (Å²) in [7, 11) is 0. The summed E-state index contributed by atoms with van der Waals surface area (Å²) >= 11 is 1.90. The number of benzene rings is 10. The quantitative estimate of drug-likeness (QED) is 0.163. The Morgan fingerprint density at radius 3 is 1.95 bits per heavy atom. The van der Waals surface area contributed by atoms with Gasteiger partial charge in [0.1, 0.15) is 0 Å². The van der Waals surface area contributed by atoms with Crippen LogP contribution in [0.4, 0.5) is 28.4 Å². The molecule has 0 spiro atoms. The predicted molar refractivity (Wildman–Crippen MR) is 284 cm³/mol. The van der Waals surface area contributed by atoms with Crippen molar-refractivity contribution in [2.45, 2.75) is 26.2 Å². The van der Waals surface area contributed by atoms with Crippen LogP contribution >= 0.6 is 11.3 Å². The van der Waals surface area contributed by atoms with E-state index in [1.807, 2.05) is 11.3 Å². The van der Waals surface area contributed by atoms with Crippen LogP contribution in [0.15, 0.2) is 206 Å². The number of hydrogen-bond acceptors (Lipinski definition) is 3. The van der Waals surface area contributed by atoms with Gasteiger partial charge in [0.2, 0.25) is 0 Å². The van der Waals surface area contributed by atoms with Gasteiger partial charge in [0.25, 0.3) is 0 Å². The molecule has 0 amide bonds. The van der Waals surface area contributed by atoms with Gasteiger partial charge in [-0.15, -0.1) is 11.3 Å². The summed E-state index contributed by atoms with van der Waals surface area (Å²) < 4.78 is 2.61. The van der Waals surface area contributed by atoms with Gasteiger partial charge in [0.15, 0.2) is 0 Å². The van der Waals surface area contributed by atoms with E-state index in [4.69, 9.17) is 0 Å². The van der Waals surface area contributed by atoms with E-state index in [0.717, 1.165) is 0 Å². The van der Waals surface area contributed by atoms with E-state index in [1.165, 1.54) is 132 Å². The molecule has 3 aliphatic rings. The van der Waals surface area contributed by atoms with Crippen molar-refractivity contribution in [3.63, 3.8) is 0 Å². The first-order chi connectivity index (χ1) is 32.4. The second-order valence-electron chi connectivity index (χ2n) is 18.9. The number of thiophene rings is 1. The van der Waals surface area contributed by atoms with Gasteiger partial charge in [-0.3, -0.25) is 0 Å². The first-order valence-corrected chi connectivity index (χ1v) is 23.9. The van der Waals surface area contributed by atoms with Gasteiger partial charge in [-0.2, -0.15) is 0 Å². The van der Waals surface area contributed by atoms with Crippen molar-refractivity contribution < 1.29 is 0 Å². The molecule has 0 saturated heterocycles. The normalized spacial score (nSPS) is 14.0. The van der Waals surface area contributed by atoms with E-state index < -0.39 is 0 Å². The molecule has 0 unspecified atom stereocenters. The van der Waals surface area contributed by atoms with E-state index in [2.05, 4.69) is 237 Å². The lowest BCUT2D eigenvalue weighted by molar-refractivity contribution is 0.660. The fraction of sp³-hybridized carbons (Fsp3) is 0.0645. The third-order valence-corrected chi connectivity index (χ3v) is 16.1. The maximum atomic E-state index is 2.73. The Morgan fingerprint density at radius 1 is 0.439 bits per heavy atom. The van der Waals surface area contributed by atoms with Gasteiger partial charge in [-0.25, -0.2) is 0 Å². The third-order valence-electron chi connectivity index (χ3n) is 14.9. The zero-order valence-corrected chi connectivity index (χ0v) is 37.8. The van der Waals surface area contributed by atoms with Crippen molar-refractivity contribution in [3.05, 3.63) is 223 Å². The molecule has 0 atom stereocenters. The molecule has 14 rings (SSSR count). The molecule has 2 aliphatic heterocycles. The maximum absolute atomic E-state index is 2.73. The molecule has 0 fully saturated rings. The average molecular weight is 859 g/mol. The molecular weight excluding hydrogens is 816 g/mol. The predicted octanol–water partition coefficient (Wildman–Crippen LogP) is 15.9. The van der Waals surface area contributed by atoms with E-state index in [0.29, 0.717) is 0 Å². The second-order valence-corrected chi connectivity index (χ2v) is 20.0. The van der Waals surface area contributed by atoms with Crippen LogP contribution in [0, 0.1) is 6.92 Å². The van der Waals surface area contributed by atoms with E-state index in [1.54, 1.807) is 0 Å². The van der Waals surface area contributed by atoms with Crippen LogP contribution in [0.3, 0.4) is 0 Å². The van der Waals surface area contributed by atoms with Crippen LogP contribution in [0.5, 0.6) is 0 Å². The Kier molecular flexibility index (Phi) is 7.95. The molecule has 1 aromatic heterocycles. The molecule has 2 nitrogen and oxygen atoms in total. The van der Waals surface area contributed by atoms with Crippen LogP contribution in [0.25, 0.3) is 75.5 Å². The van der Waals surface area contributed by atoms with Crippen molar-refractivity contribution in [2.75, 3.05) is 9.71 Å². The molecule has 0 bridgehead atoms. The monoisotopic (exact) mass is 858 g/mol. The fourth-order valence-corrected chi connectivity index (χ4v) is 13.0. The fourth-order valence-electron chi connectivity index (χ4n) is 11.8. The first-order valence-electron chi connectivity index (χ1n) is 23.1. The van der Waals surface area contributed by atoms with Crippen molar-refractivity contribution in [1.29, 1.82) is 0 Å². The summed E-state index contributed by atoms with van der Waals surface area (Å²) in [5, 5.41) is 5.12. The van der Waals surface area contributed by atoms with Crippen LogP contribution in [-0.2, 0) is 5.41 Å². The minimum atomic E-state index is -0.153. The highest BCUT2D eigenvalue weighted by atomic mass is 32.1. The van der Waals surface area contributed by atoms with Crippen molar-refractivity contribution in [1.82, 2.24) is 0 Å². The topological polar surface area (TPSA) is 6.48 Å². The number of rotatable bonds is 4. The van der Waals surface area contributed by atoms with Gasteiger partial charge >= 0.3 is 6.85 Å². The lowest BCUT2D eigenvalue weighted by atomic mass is 9.43. The Labute approximate surface area is 389 Å². The third kappa shape index (κ3) is 5.31. The van der Waals surface area contributed by atoms with Crippen LogP contribution in [-0.4, -0.2) is 6.85 Å². The molecule has 11 aromatic rings. The highest BCUT2D eigenvalue weighted by Crippen LogP contribution is 2.54. The Balaban J connectivity index is 1.12. The van der Waals surface area contributed by atoms with Crippen LogP contribution in [0.1, 0.15) is 30.5 Å². The number of anilines is 5. The maximum Gasteiger partial charge on any atom is 0.333 e. The molecule has 310 valence electrons. The highest BCUT2D eigenvalue weighted by molar-refractivity contribution is 7.26. The molecule has 3 heterocycles. The zero-order valence-electron chi connectivity index (χ0n) is 37.0. The minimum Gasteiger partial charge on any atom is -0.376 e. The average Bonchev–Trinajstić information content (AvgIpc) is 3.84. The number of hydrogen-bond donors (Lipinski definition) is 0. The van der Waals surface area contributed by atoms with E-state index >= 15 is 0 Å². The van der Waals surface area contributed by atoms with Gasteiger partial charge < -0.3 is 9.71 Å². The second kappa shape index (κ2) is 13.9. The summed E-state index contributed by atoms with van der Waals surface area (Å²) in [6, 6.07) is 77.8. The summed E-state index contributed by atoms with van der Waals surface area (Å²) in [4.78, 5) is 5.34. The number of aryl methyl sites for hydroxylation is 1. The summed E-state index contributed by atoms with van der Waals surface area (Å²) in [6.07, 6.45) is 0. The lowest BCUT2D eigenvalue weighted by Crippen LogP contribution is -2.61. The molecule has 1 aliphatic carbocycles. The Morgan fingerprint density at radius 2 is 1.14 bits per heavy atom. The van der Waals surface area contributed by atoms with Crippen molar-refractivity contribution >= 4 is 88.5 Å². The van der Waals surface area contributed by atoms with E-state index in [9.17, 15) is 0 Å². The number of fused-ring (bicyclic) bond motifs is 12. The number of nitrogens with zero attached hydrogens (tertiary/aromatic N) is 2. The van der Waals surface area contributed by atoms with Crippen LogP contribution in [0.2, 0.25) is 0 Å². The molecule has 0 N–H and O–H groups in total. The van der Waals surface area contributed by atoms with Gasteiger partial charge in [0, 0.05) is 65.0 Å². The molecule has 0 saturated carbocycles. The molecule has 0 radical (unpaired) electrons. The largest absolute Gasteiger partial charge is 0.376 e. The SMILES string of the molecule is Cc1cc(-c2ccccc2)ccc1N1c2cc3sc4ccccc4c3cc2B2c3c(cc(-c4ccccc4)cc31)-c1ccc3ccccc3c1N2c1ccc2c(c1)C(C)(C)c1ccccc1-2. The highest BCUT2D eigenvalue weighted by Gasteiger charge is 2.47. The molecule has 66 heavy (non-hydrogen) atoms. The summed E-state index contributed by atoms with van der Waals surface area (Å²) in [6.45, 7) is 6.95. The van der Waals surface area contributed by atoms with Gasteiger partial charge in [-0.1, -0.05) is 172 Å². The van der Waals surface area contributed by atoms with Crippen molar-refractivity contribution in [2.24, 2.45) is 0 Å². The lowest BCUT2D eigenvalue weighted by Gasteiger charge is -2.46. The molecular formula is C62H43BN2S. The Hall–Kier alpha value is -7.66. The molecule has 10 aromatic carbocycles. The molecule has 4 heteroatoms. The van der Waals surface area contributed by atoms with Gasteiger partial charge in [0.05, 0.1) is 0 Å². The van der Waals surface area contributed by atoms with E-state index in [-0.39, 0.29) is 12.3 Å². The first kappa shape index (κ1) is 37.7. The van der Waals surface area contributed by atoms with Crippen LogP contribution < -0.4 is 20.6 Å². The van der Waals surface area contributed by atoms with Gasteiger partial charge in [-0.05, 0) is 127 Å². The standard InChI is InChI=1S/C62H43BN2S/c1-38-32-42(39-16-6-4-7-17-39)27-31-55(38)64-56-37-59-50(48-23-13-15-25-58(48)66-59)36-54(56)63-60-51(33-43(34-57(60)64)40-18-8-5-9-19-40)49-29-26-41-20-10-11-21-45(41)61(49)65(63)44-28-30-47-46-22-12-14-24-52(46)62(2,3)53(47)35-44/h4-37H,1-3H3. The summed E-state index contributed by atoms with van der Waals surface area (Å²) in [5.74, 6) is 0. The van der Waals surface area contributed by atoms with Crippen molar-refractivity contribution in [3.8, 4) is 44.5 Å². The zero-order chi connectivity index (χ0) is 43.8. The smallest absolute Gasteiger partial charge is 0.333 e. The Bertz CT molecular complexity index is 3830. The minimum absolute atomic E-state index is 0.138. The summed E-state index contributed by atoms with van der Waals surface area (Å²) in [5.41, 5.74) is 22.7.